The van der Waals surface area contributed by atoms with Crippen molar-refractivity contribution in [2.45, 2.75) is 19.9 Å². The molecule has 2 aromatic rings. The van der Waals surface area contributed by atoms with E-state index in [1.54, 1.807) is 17.4 Å². The van der Waals surface area contributed by atoms with Crippen LogP contribution < -0.4 is 11.1 Å². The van der Waals surface area contributed by atoms with E-state index in [0.717, 1.165) is 22.7 Å². The monoisotopic (exact) mass is 311 g/mol. The summed E-state index contributed by atoms with van der Waals surface area (Å²) in [5.41, 5.74) is 7.34. The molecule has 0 atom stereocenters. The Hall–Kier alpha value is -1.17. The van der Waals surface area contributed by atoms with Crippen molar-refractivity contribution in [3.05, 3.63) is 44.9 Å². The Balaban J connectivity index is 2.12. The van der Waals surface area contributed by atoms with Crippen molar-refractivity contribution in [2.24, 2.45) is 5.73 Å². The predicted molar refractivity (Wildman–Crippen MR) is 86.2 cm³/mol. The van der Waals surface area contributed by atoms with Crippen molar-refractivity contribution in [3.63, 3.8) is 0 Å². The third kappa shape index (κ3) is 3.65. The summed E-state index contributed by atoms with van der Waals surface area (Å²) in [4.78, 5) is 5.97. The fraction of sp³-hybridized carbons (Fsp3) is 0.231. The van der Waals surface area contributed by atoms with Crippen molar-refractivity contribution >= 4 is 45.8 Å². The Bertz CT molecular complexity index is 595. The normalized spacial score (nSPS) is 10.4. The van der Waals surface area contributed by atoms with E-state index in [9.17, 15) is 0 Å². The summed E-state index contributed by atoms with van der Waals surface area (Å²) in [6.07, 6.45) is 2.93. The molecule has 1 heterocycles. The molecular formula is C13H14ClN3S2. The predicted octanol–water partition coefficient (Wildman–Crippen LogP) is 3.61. The summed E-state index contributed by atoms with van der Waals surface area (Å²) in [7, 11) is 0. The number of benzene rings is 1. The van der Waals surface area contributed by atoms with Crippen LogP contribution in [0.1, 0.15) is 22.4 Å². The highest BCUT2D eigenvalue weighted by Crippen LogP contribution is 2.22. The summed E-state index contributed by atoms with van der Waals surface area (Å²) in [6, 6.07) is 5.46. The number of nitrogens with two attached hydrogens (primary N) is 1. The Kier molecular flexibility index (Phi) is 4.74. The number of nitrogens with zero attached hydrogens (tertiary/aromatic N) is 1. The molecule has 3 N–H and O–H groups in total. The van der Waals surface area contributed by atoms with Gasteiger partial charge in [0.1, 0.15) is 10.00 Å². The molecule has 6 heteroatoms. The molecule has 19 heavy (non-hydrogen) atoms. The van der Waals surface area contributed by atoms with E-state index < -0.39 is 0 Å². The summed E-state index contributed by atoms with van der Waals surface area (Å²) in [5, 5.41) is 4.96. The number of hydrogen-bond acceptors (Lipinski definition) is 4. The Morgan fingerprint density at radius 1 is 1.53 bits per heavy atom. The third-order valence-electron chi connectivity index (χ3n) is 2.63. The van der Waals surface area contributed by atoms with E-state index in [0.29, 0.717) is 16.6 Å². The van der Waals surface area contributed by atoms with Crippen LogP contribution in [-0.4, -0.2) is 9.97 Å². The minimum Gasteiger partial charge on any atom is -0.389 e. The van der Waals surface area contributed by atoms with Gasteiger partial charge in [-0.2, -0.15) is 0 Å². The second-order valence-corrected chi connectivity index (χ2v) is 6.06. The van der Waals surface area contributed by atoms with Crippen LogP contribution in [0.2, 0.25) is 5.02 Å². The van der Waals surface area contributed by atoms with Gasteiger partial charge in [-0.3, -0.25) is 0 Å². The van der Waals surface area contributed by atoms with Gasteiger partial charge < -0.3 is 11.1 Å². The van der Waals surface area contributed by atoms with E-state index in [2.05, 4.69) is 17.2 Å². The summed E-state index contributed by atoms with van der Waals surface area (Å²) < 4.78 is 0. The lowest BCUT2D eigenvalue weighted by Gasteiger charge is -2.10. The molecule has 1 aromatic heterocycles. The van der Waals surface area contributed by atoms with E-state index in [-0.39, 0.29) is 0 Å². The third-order valence-corrected chi connectivity index (χ3v) is 4.22. The van der Waals surface area contributed by atoms with Crippen LogP contribution in [-0.2, 0) is 13.0 Å². The number of aromatic nitrogens is 1. The SMILES string of the molecule is CCc1cnc(CNc2ccc(Cl)cc2C(N)=S)s1. The van der Waals surface area contributed by atoms with Gasteiger partial charge in [0.2, 0.25) is 0 Å². The zero-order chi connectivity index (χ0) is 13.8. The number of hydrogen-bond donors (Lipinski definition) is 2. The van der Waals surface area contributed by atoms with Crippen molar-refractivity contribution in [2.75, 3.05) is 5.32 Å². The van der Waals surface area contributed by atoms with Gasteiger partial charge in [0.25, 0.3) is 0 Å². The highest BCUT2D eigenvalue weighted by molar-refractivity contribution is 7.80. The molecular weight excluding hydrogens is 298 g/mol. The van der Waals surface area contributed by atoms with Crippen LogP contribution in [0.15, 0.2) is 24.4 Å². The average Bonchev–Trinajstić information content (AvgIpc) is 2.85. The Morgan fingerprint density at radius 3 is 2.95 bits per heavy atom. The molecule has 0 aliphatic carbocycles. The lowest BCUT2D eigenvalue weighted by atomic mass is 10.2. The van der Waals surface area contributed by atoms with Crippen LogP contribution in [0.3, 0.4) is 0 Å². The first-order valence-electron chi connectivity index (χ1n) is 5.87. The molecule has 100 valence electrons. The van der Waals surface area contributed by atoms with Gasteiger partial charge in [0, 0.05) is 27.3 Å². The summed E-state index contributed by atoms with van der Waals surface area (Å²) >= 11 is 12.7. The van der Waals surface area contributed by atoms with Crippen LogP contribution in [0, 0.1) is 0 Å². The maximum absolute atomic E-state index is 5.95. The lowest BCUT2D eigenvalue weighted by Crippen LogP contribution is -2.13. The second-order valence-electron chi connectivity index (χ2n) is 3.98. The first-order chi connectivity index (χ1) is 9.10. The van der Waals surface area contributed by atoms with E-state index in [4.69, 9.17) is 29.6 Å². The topological polar surface area (TPSA) is 50.9 Å². The van der Waals surface area contributed by atoms with Gasteiger partial charge in [-0.05, 0) is 24.6 Å². The first kappa shape index (κ1) is 14.2. The molecule has 0 saturated carbocycles. The zero-order valence-corrected chi connectivity index (χ0v) is 12.8. The maximum Gasteiger partial charge on any atom is 0.112 e. The maximum atomic E-state index is 5.95. The Labute approximate surface area is 126 Å². The number of thiocarbonyl (C=S) groups is 1. The van der Waals surface area contributed by atoms with Crippen molar-refractivity contribution < 1.29 is 0 Å². The van der Waals surface area contributed by atoms with E-state index >= 15 is 0 Å². The van der Waals surface area contributed by atoms with Crippen LogP contribution in [0.5, 0.6) is 0 Å². The molecule has 0 spiro atoms. The van der Waals surface area contributed by atoms with Crippen molar-refractivity contribution in [1.82, 2.24) is 4.98 Å². The number of aryl methyl sites for hydroxylation is 1. The molecule has 0 amide bonds. The van der Waals surface area contributed by atoms with E-state index in [1.165, 1.54) is 4.88 Å². The van der Waals surface area contributed by atoms with Gasteiger partial charge in [0.05, 0.1) is 6.54 Å². The standard InChI is InChI=1S/C13H14ClN3S2/c1-2-9-6-17-12(19-9)7-16-11-4-3-8(14)5-10(11)13(15)18/h3-6,16H,2,7H2,1H3,(H2,15,18). The number of thiazole rings is 1. The molecule has 0 radical (unpaired) electrons. The second kappa shape index (κ2) is 6.32. The number of halogens is 1. The molecule has 0 saturated heterocycles. The molecule has 3 nitrogen and oxygen atoms in total. The minimum atomic E-state index is 0.332. The molecule has 2 rings (SSSR count). The summed E-state index contributed by atoms with van der Waals surface area (Å²) in [6.45, 7) is 2.77. The Morgan fingerprint density at radius 2 is 2.32 bits per heavy atom. The largest absolute Gasteiger partial charge is 0.389 e. The molecule has 0 aliphatic rings. The van der Waals surface area contributed by atoms with Gasteiger partial charge in [-0.25, -0.2) is 4.98 Å². The van der Waals surface area contributed by atoms with Crippen molar-refractivity contribution in [3.8, 4) is 0 Å². The minimum absolute atomic E-state index is 0.332. The van der Waals surface area contributed by atoms with Crippen LogP contribution >= 0.6 is 35.2 Å². The zero-order valence-electron chi connectivity index (χ0n) is 10.4. The number of anilines is 1. The quantitative estimate of drug-likeness (QED) is 0.828. The smallest absolute Gasteiger partial charge is 0.112 e. The van der Waals surface area contributed by atoms with Crippen molar-refractivity contribution in [1.29, 1.82) is 0 Å². The van der Waals surface area contributed by atoms with Crippen LogP contribution in [0.25, 0.3) is 0 Å². The highest BCUT2D eigenvalue weighted by atomic mass is 35.5. The molecule has 1 aromatic carbocycles. The van der Waals surface area contributed by atoms with Crippen LogP contribution in [0.4, 0.5) is 5.69 Å². The molecule has 0 fully saturated rings. The van der Waals surface area contributed by atoms with Gasteiger partial charge in [-0.1, -0.05) is 30.7 Å². The van der Waals surface area contributed by atoms with Gasteiger partial charge in [0.15, 0.2) is 0 Å². The molecule has 0 unspecified atom stereocenters. The fourth-order valence-corrected chi connectivity index (χ4v) is 2.78. The first-order valence-corrected chi connectivity index (χ1v) is 7.47. The lowest BCUT2D eigenvalue weighted by molar-refractivity contribution is 1.09. The molecule has 0 aliphatic heterocycles. The van der Waals surface area contributed by atoms with Gasteiger partial charge >= 0.3 is 0 Å². The van der Waals surface area contributed by atoms with Gasteiger partial charge in [-0.15, -0.1) is 11.3 Å². The number of nitrogens with one attached hydrogen (secondary N) is 1. The molecule has 0 bridgehead atoms. The highest BCUT2D eigenvalue weighted by Gasteiger charge is 2.07. The fourth-order valence-electron chi connectivity index (χ4n) is 1.64. The number of rotatable bonds is 5. The summed E-state index contributed by atoms with van der Waals surface area (Å²) in [5.74, 6) is 0. The van der Waals surface area contributed by atoms with E-state index in [1.807, 2.05) is 18.3 Å². The average molecular weight is 312 g/mol.